The van der Waals surface area contributed by atoms with Crippen molar-refractivity contribution in [1.82, 2.24) is 15.3 Å². The molecule has 2 aromatic carbocycles. The van der Waals surface area contributed by atoms with Crippen molar-refractivity contribution in [3.8, 4) is 0 Å². The molecule has 0 saturated heterocycles. The third kappa shape index (κ3) is 7.51. The van der Waals surface area contributed by atoms with Gasteiger partial charge < -0.3 is 30.5 Å². The van der Waals surface area contributed by atoms with Crippen LogP contribution in [0.1, 0.15) is 31.4 Å². The lowest BCUT2D eigenvalue weighted by Crippen LogP contribution is -2.49. The second-order valence-corrected chi connectivity index (χ2v) is 10.2. The number of aromatic nitrogens is 2. The molecule has 212 valence electrons. The first-order valence-corrected chi connectivity index (χ1v) is 13.1. The highest BCUT2D eigenvalue weighted by Gasteiger charge is 2.39. The highest BCUT2D eigenvalue weighted by molar-refractivity contribution is 5.96. The van der Waals surface area contributed by atoms with Crippen molar-refractivity contribution in [3.05, 3.63) is 84.2 Å². The molecular formula is C31H32N4O6. The van der Waals surface area contributed by atoms with Crippen molar-refractivity contribution < 1.29 is 28.7 Å². The molecule has 2 amide bonds. The number of rotatable bonds is 12. The zero-order chi connectivity index (χ0) is 29.4. The Morgan fingerprint density at radius 2 is 1.41 bits per heavy atom. The molecule has 0 spiro atoms. The van der Waals surface area contributed by atoms with Gasteiger partial charge in [0, 0.05) is 75.9 Å². The summed E-state index contributed by atoms with van der Waals surface area (Å²) < 4.78 is 11.0. The number of ether oxygens (including phenoxy) is 2. The predicted molar refractivity (Wildman–Crippen MR) is 156 cm³/mol. The van der Waals surface area contributed by atoms with E-state index < -0.39 is 35.3 Å². The fourth-order valence-corrected chi connectivity index (χ4v) is 4.29. The Hall–Kier alpha value is -5.12. The number of carbonyl (C=O) groups excluding carboxylic acids is 4. The fraction of sp³-hybridized carbons (Fsp3) is 0.226. The first kappa shape index (κ1) is 28.9. The summed E-state index contributed by atoms with van der Waals surface area (Å²) in [4.78, 5) is 55.7. The number of hydrogen-bond acceptors (Lipinski definition) is 6. The molecule has 2 heterocycles. The van der Waals surface area contributed by atoms with Crippen molar-refractivity contribution in [1.29, 1.82) is 0 Å². The van der Waals surface area contributed by atoms with Gasteiger partial charge in [0.25, 0.3) is 5.91 Å². The molecule has 0 fully saturated rings. The van der Waals surface area contributed by atoms with Crippen molar-refractivity contribution in [2.75, 3.05) is 13.2 Å². The van der Waals surface area contributed by atoms with Gasteiger partial charge in [-0.05, 0) is 24.3 Å². The Labute approximate surface area is 236 Å². The third-order valence-electron chi connectivity index (χ3n) is 6.48. The van der Waals surface area contributed by atoms with Gasteiger partial charge in [0.2, 0.25) is 5.91 Å². The van der Waals surface area contributed by atoms with Gasteiger partial charge in [-0.25, -0.2) is 9.59 Å². The van der Waals surface area contributed by atoms with Crippen molar-refractivity contribution in [2.45, 2.75) is 26.4 Å². The Morgan fingerprint density at radius 1 is 0.878 bits per heavy atom. The van der Waals surface area contributed by atoms with Crippen LogP contribution in [0.15, 0.2) is 73.1 Å². The van der Waals surface area contributed by atoms with Crippen LogP contribution >= 0.6 is 0 Å². The number of H-pyrrole nitrogens is 2. The SMILES string of the molecule is CC(C)(COC(=O)/C=C/c1c[nH]c2ccccc12)[C@@H](OC(=O)/C=C/c1c[nH]c2ccccc12)C(=O)NCCC(N)=O. The highest BCUT2D eigenvalue weighted by Crippen LogP contribution is 2.26. The molecule has 10 nitrogen and oxygen atoms in total. The lowest BCUT2D eigenvalue weighted by Gasteiger charge is -2.31. The first-order chi connectivity index (χ1) is 19.6. The molecular weight excluding hydrogens is 524 g/mol. The van der Waals surface area contributed by atoms with Crippen LogP contribution < -0.4 is 11.1 Å². The standard InChI is InChI=1S/C31H32N4O6/c1-31(2,19-40-27(37)13-11-20-17-34-24-9-5-3-7-22(20)24)29(30(39)33-16-15-26(32)36)41-28(38)14-12-21-18-35-25-10-6-4-8-23(21)25/h3-14,17-18,29,34-35H,15-16,19H2,1-2H3,(H2,32,36)(H,33,39)/b13-11+,14-12+/t29-/m0/s1. The van der Waals surface area contributed by atoms with Gasteiger partial charge in [0.05, 0.1) is 0 Å². The van der Waals surface area contributed by atoms with Gasteiger partial charge in [0.15, 0.2) is 6.10 Å². The summed E-state index contributed by atoms with van der Waals surface area (Å²) in [5.74, 6) is -2.61. The van der Waals surface area contributed by atoms with Crippen LogP contribution in [0.3, 0.4) is 0 Å². The number of hydrogen-bond donors (Lipinski definition) is 4. The molecule has 0 radical (unpaired) electrons. The molecule has 1 atom stereocenters. The second-order valence-electron chi connectivity index (χ2n) is 10.2. The summed E-state index contributed by atoms with van der Waals surface area (Å²) >= 11 is 0. The van der Waals surface area contributed by atoms with Crippen molar-refractivity contribution >= 4 is 57.7 Å². The maximum atomic E-state index is 13.0. The predicted octanol–water partition coefficient (Wildman–Crippen LogP) is 3.85. The molecule has 41 heavy (non-hydrogen) atoms. The Morgan fingerprint density at radius 3 is 1.98 bits per heavy atom. The summed E-state index contributed by atoms with van der Waals surface area (Å²) in [6.45, 7) is 3.02. The molecule has 2 aromatic heterocycles. The van der Waals surface area contributed by atoms with Crippen LogP contribution in [0, 0.1) is 5.41 Å². The van der Waals surface area contributed by atoms with Gasteiger partial charge in [-0.3, -0.25) is 9.59 Å². The average Bonchev–Trinajstić information content (AvgIpc) is 3.56. The van der Waals surface area contributed by atoms with Crippen molar-refractivity contribution in [2.24, 2.45) is 11.1 Å². The maximum Gasteiger partial charge on any atom is 0.331 e. The van der Waals surface area contributed by atoms with Gasteiger partial charge in [-0.2, -0.15) is 0 Å². The number of aromatic amines is 2. The summed E-state index contributed by atoms with van der Waals surface area (Å²) in [5, 5.41) is 4.44. The van der Waals surface area contributed by atoms with E-state index in [0.717, 1.165) is 32.9 Å². The number of fused-ring (bicyclic) bond motifs is 2. The lowest BCUT2D eigenvalue weighted by atomic mass is 9.86. The molecule has 0 aliphatic carbocycles. The average molecular weight is 557 g/mol. The molecule has 4 rings (SSSR count). The van der Waals surface area contributed by atoms with Gasteiger partial charge >= 0.3 is 11.9 Å². The van der Waals surface area contributed by atoms with Crippen LogP contribution in [-0.4, -0.2) is 53.0 Å². The number of amides is 2. The second kappa shape index (κ2) is 12.8. The number of carbonyl (C=O) groups is 4. The topological polar surface area (TPSA) is 156 Å². The normalized spacial score (nSPS) is 12.6. The smallest absolute Gasteiger partial charge is 0.331 e. The highest BCUT2D eigenvalue weighted by atomic mass is 16.6. The number of benzene rings is 2. The summed E-state index contributed by atoms with van der Waals surface area (Å²) in [6.07, 6.45) is 7.88. The largest absolute Gasteiger partial charge is 0.462 e. The van der Waals surface area contributed by atoms with E-state index >= 15 is 0 Å². The zero-order valence-corrected chi connectivity index (χ0v) is 22.8. The summed E-state index contributed by atoms with van der Waals surface area (Å²) in [5.41, 5.74) is 7.49. The van der Waals surface area contributed by atoms with E-state index in [4.69, 9.17) is 15.2 Å². The number of nitrogens with one attached hydrogen (secondary N) is 3. The third-order valence-corrected chi connectivity index (χ3v) is 6.48. The minimum atomic E-state index is -1.33. The number of esters is 2. The number of primary amides is 1. The summed E-state index contributed by atoms with van der Waals surface area (Å²) in [6, 6.07) is 15.3. The Balaban J connectivity index is 1.43. The van der Waals surface area contributed by atoms with E-state index in [-0.39, 0.29) is 19.6 Å². The lowest BCUT2D eigenvalue weighted by molar-refractivity contribution is -0.164. The Bertz CT molecular complexity index is 1630. The zero-order valence-electron chi connectivity index (χ0n) is 22.8. The Kier molecular flexibility index (Phi) is 9.03. The van der Waals surface area contributed by atoms with Crippen LogP contribution in [-0.2, 0) is 28.7 Å². The van der Waals surface area contributed by atoms with Crippen molar-refractivity contribution in [3.63, 3.8) is 0 Å². The quantitative estimate of drug-likeness (QED) is 0.153. The molecule has 5 N–H and O–H groups in total. The van der Waals surface area contributed by atoms with Crippen LogP contribution in [0.2, 0.25) is 0 Å². The molecule has 0 unspecified atom stereocenters. The maximum absolute atomic E-state index is 13.0. The molecule has 0 bridgehead atoms. The molecule has 0 aliphatic heterocycles. The van der Waals surface area contributed by atoms with E-state index in [1.54, 1.807) is 38.4 Å². The molecule has 4 aromatic rings. The van der Waals surface area contributed by atoms with Gasteiger partial charge in [-0.15, -0.1) is 0 Å². The van der Waals surface area contributed by atoms with E-state index in [1.807, 2.05) is 48.5 Å². The minimum absolute atomic E-state index is 0.0311. The minimum Gasteiger partial charge on any atom is -0.462 e. The molecule has 0 aliphatic rings. The number of para-hydroxylation sites is 2. The molecule has 0 saturated carbocycles. The monoisotopic (exact) mass is 556 g/mol. The summed E-state index contributed by atoms with van der Waals surface area (Å²) in [7, 11) is 0. The van der Waals surface area contributed by atoms with Crippen LogP contribution in [0.4, 0.5) is 0 Å². The van der Waals surface area contributed by atoms with E-state index in [9.17, 15) is 19.2 Å². The van der Waals surface area contributed by atoms with Gasteiger partial charge in [-0.1, -0.05) is 50.2 Å². The van der Waals surface area contributed by atoms with E-state index in [0.29, 0.717) is 0 Å². The van der Waals surface area contributed by atoms with Crippen LogP contribution in [0.25, 0.3) is 34.0 Å². The molecule has 10 heteroatoms. The van der Waals surface area contributed by atoms with Crippen LogP contribution in [0.5, 0.6) is 0 Å². The van der Waals surface area contributed by atoms with Gasteiger partial charge in [0.1, 0.15) is 6.61 Å². The number of nitrogens with two attached hydrogens (primary N) is 1. The first-order valence-electron chi connectivity index (χ1n) is 13.1. The van der Waals surface area contributed by atoms with E-state index in [1.165, 1.54) is 12.2 Å². The fourth-order valence-electron chi connectivity index (χ4n) is 4.29. The van der Waals surface area contributed by atoms with E-state index in [2.05, 4.69) is 15.3 Å².